The fourth-order valence-corrected chi connectivity index (χ4v) is 6.15. The van der Waals surface area contributed by atoms with Crippen LogP contribution in [-0.4, -0.2) is 14.7 Å². The van der Waals surface area contributed by atoms with Crippen LogP contribution in [0.2, 0.25) is 0 Å². The summed E-state index contributed by atoms with van der Waals surface area (Å²) in [4.78, 5) is 4.96. The molecule has 42 heavy (non-hydrogen) atoms. The number of rotatable bonds is 8. The van der Waals surface area contributed by atoms with Crippen molar-refractivity contribution in [2.24, 2.45) is 5.92 Å². The largest absolute Gasteiger partial charge is 0.378 e. The van der Waals surface area contributed by atoms with Crippen molar-refractivity contribution >= 4 is 0 Å². The van der Waals surface area contributed by atoms with Crippen molar-refractivity contribution in [1.29, 1.82) is 0 Å². The van der Waals surface area contributed by atoms with E-state index in [2.05, 4.69) is 135 Å². The van der Waals surface area contributed by atoms with Crippen LogP contribution in [0.1, 0.15) is 47.4 Å². The van der Waals surface area contributed by atoms with Crippen LogP contribution in [0, 0.1) is 12.8 Å². The van der Waals surface area contributed by atoms with Crippen LogP contribution in [-0.2, 0) is 11.1 Å². The van der Waals surface area contributed by atoms with Crippen molar-refractivity contribution in [3.63, 3.8) is 0 Å². The highest BCUT2D eigenvalue weighted by molar-refractivity contribution is 5.65. The lowest BCUT2D eigenvalue weighted by atomic mass is 9.76. The summed E-state index contributed by atoms with van der Waals surface area (Å²) in [6.07, 6.45) is 3.91. The van der Waals surface area contributed by atoms with Gasteiger partial charge in [0.25, 0.3) is 0 Å². The summed E-state index contributed by atoms with van der Waals surface area (Å²) < 4.78 is 2.17. The minimum atomic E-state index is -1.30. The monoisotopic (exact) mass is 548 g/mol. The second kappa shape index (κ2) is 11.3. The molecule has 0 bridgehead atoms. The molecule has 3 heteroatoms. The Morgan fingerprint density at radius 3 is 1.60 bits per heavy atom. The molecule has 0 amide bonds. The molecule has 3 nitrogen and oxygen atoms in total. The molecule has 0 spiro atoms. The van der Waals surface area contributed by atoms with Gasteiger partial charge in [-0.05, 0) is 52.3 Å². The van der Waals surface area contributed by atoms with Crippen LogP contribution in [0.25, 0.3) is 11.1 Å². The van der Waals surface area contributed by atoms with Gasteiger partial charge in [-0.3, -0.25) is 0 Å². The highest BCUT2D eigenvalue weighted by Gasteiger charge is 2.42. The highest BCUT2D eigenvalue weighted by atomic mass is 16.3. The van der Waals surface area contributed by atoms with Crippen molar-refractivity contribution in [2.45, 2.75) is 31.9 Å². The molecule has 6 rings (SSSR count). The number of hydrogen-bond acceptors (Lipinski definition) is 2. The molecule has 0 fully saturated rings. The molecule has 208 valence electrons. The Bertz CT molecular complexity index is 1660. The van der Waals surface area contributed by atoms with Gasteiger partial charge < -0.3 is 9.67 Å². The first-order valence-electron chi connectivity index (χ1n) is 14.6. The van der Waals surface area contributed by atoms with Crippen LogP contribution in [0.3, 0.4) is 0 Å². The number of imidazole rings is 1. The number of aliphatic hydroxyl groups is 1. The first-order chi connectivity index (χ1) is 20.4. The van der Waals surface area contributed by atoms with Gasteiger partial charge >= 0.3 is 0 Å². The first kappa shape index (κ1) is 27.4. The molecule has 0 saturated heterocycles. The Hall–Kier alpha value is -4.73. The van der Waals surface area contributed by atoms with Crippen LogP contribution in [0.15, 0.2) is 152 Å². The Morgan fingerprint density at radius 2 is 1.10 bits per heavy atom. The van der Waals surface area contributed by atoms with Crippen molar-refractivity contribution in [2.75, 3.05) is 0 Å². The summed E-state index contributed by atoms with van der Waals surface area (Å²) in [5, 5.41) is 12.6. The van der Waals surface area contributed by atoms with E-state index >= 15 is 0 Å². The lowest BCUT2D eigenvalue weighted by Crippen LogP contribution is -2.37. The van der Waals surface area contributed by atoms with E-state index in [-0.39, 0.29) is 5.92 Å². The van der Waals surface area contributed by atoms with Gasteiger partial charge in [-0.15, -0.1) is 0 Å². The fourth-order valence-electron chi connectivity index (χ4n) is 6.15. The third kappa shape index (κ3) is 4.66. The van der Waals surface area contributed by atoms with E-state index in [0.717, 1.165) is 33.4 Å². The molecule has 0 aliphatic heterocycles. The molecule has 0 saturated carbocycles. The zero-order valence-electron chi connectivity index (χ0n) is 24.4. The number of aryl methyl sites for hydroxylation is 1. The van der Waals surface area contributed by atoms with Crippen LogP contribution in [0.4, 0.5) is 0 Å². The molecule has 1 N–H and O–H groups in total. The van der Waals surface area contributed by atoms with Crippen molar-refractivity contribution in [3.05, 3.63) is 186 Å². The summed E-state index contributed by atoms with van der Waals surface area (Å²) in [5.41, 5.74) is 6.18. The summed E-state index contributed by atoms with van der Waals surface area (Å²) in [7, 11) is 0. The van der Waals surface area contributed by atoms with Crippen molar-refractivity contribution in [1.82, 2.24) is 9.55 Å². The van der Waals surface area contributed by atoms with E-state index in [9.17, 15) is 5.11 Å². The molecule has 0 aliphatic rings. The first-order valence-corrected chi connectivity index (χ1v) is 14.6. The third-order valence-corrected chi connectivity index (χ3v) is 8.46. The number of benzene rings is 5. The van der Waals surface area contributed by atoms with E-state index in [1.165, 1.54) is 5.56 Å². The third-order valence-electron chi connectivity index (χ3n) is 8.46. The predicted octanol–water partition coefficient (Wildman–Crippen LogP) is 8.59. The summed E-state index contributed by atoms with van der Waals surface area (Å²) in [6.45, 7) is 6.20. The lowest BCUT2D eigenvalue weighted by molar-refractivity contribution is 0.0278. The Labute approximate surface area is 248 Å². The van der Waals surface area contributed by atoms with Gasteiger partial charge in [0.15, 0.2) is 0 Å². The average Bonchev–Trinajstić information content (AvgIpc) is 3.54. The van der Waals surface area contributed by atoms with Gasteiger partial charge in [0.2, 0.25) is 0 Å². The summed E-state index contributed by atoms with van der Waals surface area (Å²) in [6, 6.07) is 48.3. The fraction of sp³-hybridized carbons (Fsp3) is 0.154. The molecular weight excluding hydrogens is 512 g/mol. The normalized spacial score (nSPS) is 13.2. The predicted molar refractivity (Wildman–Crippen MR) is 171 cm³/mol. The van der Waals surface area contributed by atoms with Crippen molar-refractivity contribution in [3.8, 4) is 11.1 Å². The van der Waals surface area contributed by atoms with Crippen LogP contribution in [0.5, 0.6) is 0 Å². The van der Waals surface area contributed by atoms with Crippen LogP contribution >= 0.6 is 0 Å². The van der Waals surface area contributed by atoms with Gasteiger partial charge in [-0.2, -0.15) is 0 Å². The minimum absolute atomic E-state index is 0.131. The van der Waals surface area contributed by atoms with E-state index in [0.29, 0.717) is 5.69 Å². The number of hydrogen-bond donors (Lipinski definition) is 1. The van der Waals surface area contributed by atoms with E-state index in [1.807, 2.05) is 42.9 Å². The van der Waals surface area contributed by atoms with Gasteiger partial charge in [-0.1, -0.05) is 153 Å². The molecule has 1 unspecified atom stereocenters. The Kier molecular flexibility index (Phi) is 7.36. The number of nitrogens with zero attached hydrogens (tertiary/aromatic N) is 2. The standard InChI is InChI=1S/C39H36N2O/c1-29(2)39(42,36-21-13-14-32(26-36)31-24-22-30(3)23-25-31)37-27-41(28-40-37)38(33-15-7-4-8-16-33,34-17-9-5-10-18-34)35-19-11-6-12-20-35/h4-29,42H,1-3H3. The SMILES string of the molecule is Cc1ccc(-c2cccc(C(O)(c3cn(C(c4ccccc4)(c4ccccc4)c4ccccc4)cn3)C(C)C)c2)cc1. The van der Waals surface area contributed by atoms with E-state index in [4.69, 9.17) is 4.98 Å². The van der Waals surface area contributed by atoms with Gasteiger partial charge in [0, 0.05) is 6.20 Å². The maximum absolute atomic E-state index is 12.6. The Balaban J connectivity index is 1.56. The molecule has 0 aliphatic carbocycles. The highest BCUT2D eigenvalue weighted by Crippen LogP contribution is 2.43. The molecular formula is C39H36N2O. The van der Waals surface area contributed by atoms with Gasteiger partial charge in [0.05, 0.1) is 12.0 Å². The molecule has 1 aromatic heterocycles. The summed E-state index contributed by atoms with van der Waals surface area (Å²) >= 11 is 0. The Morgan fingerprint density at radius 1 is 0.595 bits per heavy atom. The maximum atomic E-state index is 12.6. The van der Waals surface area contributed by atoms with Crippen molar-refractivity contribution < 1.29 is 5.11 Å². The minimum Gasteiger partial charge on any atom is -0.378 e. The average molecular weight is 549 g/mol. The van der Waals surface area contributed by atoms with Gasteiger partial charge in [-0.25, -0.2) is 4.98 Å². The topological polar surface area (TPSA) is 38.0 Å². The second-order valence-corrected chi connectivity index (χ2v) is 11.3. The molecule has 0 radical (unpaired) electrons. The smallest absolute Gasteiger partial charge is 0.135 e. The molecule has 5 aromatic carbocycles. The maximum Gasteiger partial charge on any atom is 0.135 e. The van der Waals surface area contributed by atoms with Crippen LogP contribution < -0.4 is 0 Å². The zero-order chi connectivity index (χ0) is 29.2. The lowest BCUT2D eigenvalue weighted by Gasteiger charge is -2.37. The van der Waals surface area contributed by atoms with E-state index in [1.54, 1.807) is 0 Å². The molecule has 1 heterocycles. The van der Waals surface area contributed by atoms with E-state index < -0.39 is 11.1 Å². The molecule has 6 aromatic rings. The second-order valence-electron chi connectivity index (χ2n) is 11.3. The summed E-state index contributed by atoms with van der Waals surface area (Å²) in [5.74, 6) is -0.131. The molecule has 1 atom stereocenters. The number of aromatic nitrogens is 2. The van der Waals surface area contributed by atoms with Gasteiger partial charge in [0.1, 0.15) is 11.1 Å². The zero-order valence-corrected chi connectivity index (χ0v) is 24.4. The quantitative estimate of drug-likeness (QED) is 0.193.